The van der Waals surface area contributed by atoms with Gasteiger partial charge in [-0.1, -0.05) is 0 Å². The molecular formula is C11H20N4. The lowest BCUT2D eigenvalue weighted by atomic mass is 9.94. The molecule has 0 bridgehead atoms. The normalized spacial score (nSPS) is 27.5. The van der Waals surface area contributed by atoms with E-state index in [9.17, 15) is 0 Å². The third kappa shape index (κ3) is 1.68. The van der Waals surface area contributed by atoms with Crippen molar-refractivity contribution in [2.24, 2.45) is 18.7 Å². The average Bonchev–Trinajstić information content (AvgIpc) is 2.73. The molecule has 1 aromatic heterocycles. The molecule has 1 aromatic rings. The predicted octanol–water partition coefficient (Wildman–Crippen LogP) is 0.680. The van der Waals surface area contributed by atoms with Gasteiger partial charge in [-0.15, -0.1) is 0 Å². The molecule has 15 heavy (non-hydrogen) atoms. The van der Waals surface area contributed by atoms with Gasteiger partial charge in [0.1, 0.15) is 0 Å². The summed E-state index contributed by atoms with van der Waals surface area (Å²) in [4.78, 5) is 2.39. The number of aromatic nitrogens is 2. The van der Waals surface area contributed by atoms with E-state index in [4.69, 9.17) is 5.73 Å². The fourth-order valence-electron chi connectivity index (χ4n) is 2.57. The number of nitrogens with zero attached hydrogens (tertiary/aromatic N) is 3. The van der Waals surface area contributed by atoms with E-state index in [1.807, 2.05) is 17.9 Å². The number of hydrogen-bond donors (Lipinski definition) is 1. The lowest BCUT2D eigenvalue weighted by Gasteiger charge is -2.24. The Morgan fingerprint density at radius 3 is 2.80 bits per heavy atom. The molecule has 0 spiro atoms. The summed E-state index contributed by atoms with van der Waals surface area (Å²) in [6, 6.07) is 0.462. The quantitative estimate of drug-likeness (QED) is 0.777. The minimum atomic E-state index is 0.462. The maximum Gasteiger partial charge on any atom is 0.0540 e. The van der Waals surface area contributed by atoms with Crippen LogP contribution in [0.1, 0.15) is 23.7 Å². The Morgan fingerprint density at radius 1 is 1.53 bits per heavy atom. The van der Waals surface area contributed by atoms with Crippen molar-refractivity contribution in [2.45, 2.75) is 19.4 Å². The monoisotopic (exact) mass is 208 g/mol. The number of likely N-dealkylation sites (tertiary alicyclic amines) is 1. The third-order valence-corrected chi connectivity index (χ3v) is 3.67. The van der Waals surface area contributed by atoms with Crippen molar-refractivity contribution in [1.29, 1.82) is 0 Å². The summed E-state index contributed by atoms with van der Waals surface area (Å²) >= 11 is 0. The van der Waals surface area contributed by atoms with Gasteiger partial charge in [-0.25, -0.2) is 0 Å². The lowest BCUT2D eigenvalue weighted by molar-refractivity contribution is 0.278. The van der Waals surface area contributed by atoms with Crippen LogP contribution in [0.25, 0.3) is 0 Å². The summed E-state index contributed by atoms with van der Waals surface area (Å²) in [6.07, 6.45) is 3.19. The van der Waals surface area contributed by atoms with Gasteiger partial charge in [-0.3, -0.25) is 9.58 Å². The minimum absolute atomic E-state index is 0.462. The average molecular weight is 208 g/mol. The Bertz CT molecular complexity index is 344. The zero-order valence-electron chi connectivity index (χ0n) is 9.77. The van der Waals surface area contributed by atoms with Gasteiger partial charge in [0.05, 0.1) is 6.20 Å². The van der Waals surface area contributed by atoms with Crippen molar-refractivity contribution < 1.29 is 0 Å². The van der Waals surface area contributed by atoms with E-state index in [-0.39, 0.29) is 0 Å². The standard InChI is InChI=1S/C11H20N4/c1-8-10(7-13-15(8)3)11-9(6-12)4-5-14(11)2/h7,9,11H,4-6,12H2,1-3H3. The van der Waals surface area contributed by atoms with Crippen LogP contribution in [0, 0.1) is 12.8 Å². The molecule has 0 radical (unpaired) electrons. The topological polar surface area (TPSA) is 47.1 Å². The molecule has 1 fully saturated rings. The van der Waals surface area contributed by atoms with Crippen LogP contribution < -0.4 is 5.73 Å². The van der Waals surface area contributed by atoms with Gasteiger partial charge < -0.3 is 5.73 Å². The molecule has 0 aliphatic carbocycles. The zero-order valence-corrected chi connectivity index (χ0v) is 9.77. The third-order valence-electron chi connectivity index (χ3n) is 3.67. The summed E-state index contributed by atoms with van der Waals surface area (Å²) < 4.78 is 1.94. The number of hydrogen-bond acceptors (Lipinski definition) is 3. The van der Waals surface area contributed by atoms with Crippen molar-refractivity contribution in [3.05, 3.63) is 17.5 Å². The molecule has 4 heteroatoms. The molecule has 1 saturated heterocycles. The van der Waals surface area contributed by atoms with Crippen molar-refractivity contribution in [3.8, 4) is 0 Å². The molecule has 2 atom stereocenters. The Hall–Kier alpha value is -0.870. The van der Waals surface area contributed by atoms with Crippen LogP contribution >= 0.6 is 0 Å². The molecule has 84 valence electrons. The van der Waals surface area contributed by atoms with Crippen molar-refractivity contribution in [1.82, 2.24) is 14.7 Å². The summed E-state index contributed by atoms with van der Waals surface area (Å²) in [5.41, 5.74) is 8.42. The smallest absolute Gasteiger partial charge is 0.0540 e. The maximum atomic E-state index is 5.83. The first-order valence-electron chi connectivity index (χ1n) is 5.54. The molecule has 0 saturated carbocycles. The van der Waals surface area contributed by atoms with E-state index < -0.39 is 0 Å². The molecule has 1 aliphatic heterocycles. The highest BCUT2D eigenvalue weighted by Gasteiger charge is 2.33. The van der Waals surface area contributed by atoms with E-state index >= 15 is 0 Å². The number of aryl methyl sites for hydroxylation is 1. The van der Waals surface area contributed by atoms with E-state index in [0.29, 0.717) is 12.0 Å². The van der Waals surface area contributed by atoms with Crippen LogP contribution in [0.3, 0.4) is 0 Å². The van der Waals surface area contributed by atoms with Crippen LogP contribution in [-0.2, 0) is 7.05 Å². The first kappa shape index (κ1) is 10.6. The molecular weight excluding hydrogens is 188 g/mol. The van der Waals surface area contributed by atoms with Gasteiger partial charge in [0.15, 0.2) is 0 Å². The van der Waals surface area contributed by atoms with E-state index in [2.05, 4.69) is 24.0 Å². The van der Waals surface area contributed by atoms with Crippen LogP contribution in [0.2, 0.25) is 0 Å². The Labute approximate surface area is 91.1 Å². The first-order chi connectivity index (χ1) is 7.15. The second kappa shape index (κ2) is 3.94. The van der Waals surface area contributed by atoms with Gasteiger partial charge in [0.2, 0.25) is 0 Å². The zero-order chi connectivity index (χ0) is 11.0. The van der Waals surface area contributed by atoms with E-state index in [0.717, 1.165) is 13.1 Å². The summed E-state index contributed by atoms with van der Waals surface area (Å²) in [5, 5.41) is 4.31. The van der Waals surface area contributed by atoms with Gasteiger partial charge in [-0.05, 0) is 39.4 Å². The van der Waals surface area contributed by atoms with Crippen molar-refractivity contribution in [2.75, 3.05) is 20.1 Å². The van der Waals surface area contributed by atoms with Gasteiger partial charge >= 0.3 is 0 Å². The molecule has 1 aliphatic rings. The SMILES string of the molecule is Cc1c(C2C(CN)CCN2C)cnn1C. The fraction of sp³-hybridized carbons (Fsp3) is 0.727. The maximum absolute atomic E-state index is 5.83. The van der Waals surface area contributed by atoms with E-state index in [1.54, 1.807) is 0 Å². The lowest BCUT2D eigenvalue weighted by Crippen LogP contribution is -2.25. The molecule has 2 unspecified atom stereocenters. The second-order valence-electron chi connectivity index (χ2n) is 4.52. The predicted molar refractivity (Wildman–Crippen MR) is 60.5 cm³/mol. The van der Waals surface area contributed by atoms with Crippen molar-refractivity contribution in [3.63, 3.8) is 0 Å². The highest BCUT2D eigenvalue weighted by atomic mass is 15.3. The molecule has 4 nitrogen and oxygen atoms in total. The Balaban J connectivity index is 2.32. The van der Waals surface area contributed by atoms with E-state index in [1.165, 1.54) is 17.7 Å². The number of rotatable bonds is 2. The van der Waals surface area contributed by atoms with Crippen LogP contribution in [0.5, 0.6) is 0 Å². The minimum Gasteiger partial charge on any atom is -0.330 e. The molecule has 2 N–H and O–H groups in total. The number of nitrogens with two attached hydrogens (primary N) is 1. The highest BCUT2D eigenvalue weighted by molar-refractivity contribution is 5.22. The van der Waals surface area contributed by atoms with Gasteiger partial charge in [-0.2, -0.15) is 5.10 Å². The van der Waals surface area contributed by atoms with Gasteiger partial charge in [0, 0.05) is 24.3 Å². The summed E-state index contributed by atoms with van der Waals surface area (Å²) in [6.45, 7) is 4.03. The van der Waals surface area contributed by atoms with Crippen LogP contribution in [0.15, 0.2) is 6.20 Å². The fourth-order valence-corrected chi connectivity index (χ4v) is 2.57. The molecule has 2 rings (SSSR count). The van der Waals surface area contributed by atoms with Gasteiger partial charge in [0.25, 0.3) is 0 Å². The van der Waals surface area contributed by atoms with Crippen molar-refractivity contribution >= 4 is 0 Å². The second-order valence-corrected chi connectivity index (χ2v) is 4.52. The highest BCUT2D eigenvalue weighted by Crippen LogP contribution is 2.36. The molecule has 0 aromatic carbocycles. The Morgan fingerprint density at radius 2 is 2.27 bits per heavy atom. The first-order valence-corrected chi connectivity index (χ1v) is 5.54. The summed E-state index contributed by atoms with van der Waals surface area (Å²) in [7, 11) is 4.16. The largest absolute Gasteiger partial charge is 0.330 e. The Kier molecular flexibility index (Phi) is 2.80. The van der Waals surface area contributed by atoms with Crippen LogP contribution in [-0.4, -0.2) is 34.8 Å². The molecule has 2 heterocycles. The molecule has 0 amide bonds. The summed E-state index contributed by atoms with van der Waals surface area (Å²) in [5.74, 6) is 0.581. The van der Waals surface area contributed by atoms with Crippen LogP contribution in [0.4, 0.5) is 0 Å².